The van der Waals surface area contributed by atoms with E-state index in [-0.39, 0.29) is 11.9 Å². The van der Waals surface area contributed by atoms with Crippen LogP contribution in [0.3, 0.4) is 0 Å². The van der Waals surface area contributed by atoms with Gasteiger partial charge in [-0.2, -0.15) is 0 Å². The van der Waals surface area contributed by atoms with Gasteiger partial charge in [-0.25, -0.2) is 0 Å². The monoisotopic (exact) mass is 368 g/mol. The lowest BCUT2D eigenvalue weighted by atomic mass is 10.2. The maximum atomic E-state index is 12.4. The number of thiocarbonyl (C=S) groups is 1. The van der Waals surface area contributed by atoms with Gasteiger partial charge in [-0.05, 0) is 61.3 Å². The van der Waals surface area contributed by atoms with Crippen LogP contribution in [0.4, 0.5) is 0 Å². The predicted octanol–water partition coefficient (Wildman–Crippen LogP) is 3.64. The van der Waals surface area contributed by atoms with Gasteiger partial charge in [0, 0.05) is 12.1 Å². The van der Waals surface area contributed by atoms with Gasteiger partial charge in [0.05, 0.1) is 0 Å². The standard InChI is InChI=1S/C20H20N2O3S/c1-2-13-3-7-15(8-4-13)24-12-17-10-9-16(25-17)11-18-19(23)22(14-5-6-14)20(26)21-18/h3-4,7-11,14H,2,5-6,12H2,1H3,(H,21,26)/b18-11+. The number of furan rings is 1. The van der Waals surface area contributed by atoms with E-state index in [1.54, 1.807) is 11.0 Å². The van der Waals surface area contributed by atoms with Crippen molar-refractivity contribution in [3.63, 3.8) is 0 Å². The van der Waals surface area contributed by atoms with Crippen molar-refractivity contribution in [2.75, 3.05) is 0 Å². The van der Waals surface area contributed by atoms with Crippen molar-refractivity contribution in [3.05, 3.63) is 59.2 Å². The molecule has 0 unspecified atom stereocenters. The summed E-state index contributed by atoms with van der Waals surface area (Å²) in [5.74, 6) is 2.02. The zero-order valence-corrected chi connectivity index (χ0v) is 15.3. The van der Waals surface area contributed by atoms with E-state index in [2.05, 4.69) is 24.4 Å². The number of hydrogen-bond acceptors (Lipinski definition) is 4. The fourth-order valence-corrected chi connectivity index (χ4v) is 3.22. The van der Waals surface area contributed by atoms with Crippen LogP contribution in [-0.2, 0) is 17.8 Å². The molecule has 1 aromatic heterocycles. The highest BCUT2D eigenvalue weighted by Crippen LogP contribution is 2.31. The van der Waals surface area contributed by atoms with Crippen LogP contribution in [-0.4, -0.2) is 22.0 Å². The second-order valence-corrected chi connectivity index (χ2v) is 6.87. The lowest BCUT2D eigenvalue weighted by molar-refractivity contribution is -0.122. The van der Waals surface area contributed by atoms with Gasteiger partial charge in [0.25, 0.3) is 5.91 Å². The van der Waals surface area contributed by atoms with Gasteiger partial charge in [-0.15, -0.1) is 0 Å². The van der Waals surface area contributed by atoms with E-state index in [1.807, 2.05) is 24.3 Å². The van der Waals surface area contributed by atoms with Gasteiger partial charge in [-0.1, -0.05) is 19.1 Å². The summed E-state index contributed by atoms with van der Waals surface area (Å²) in [7, 11) is 0. The van der Waals surface area contributed by atoms with Gasteiger partial charge in [0.2, 0.25) is 0 Å². The minimum absolute atomic E-state index is 0.0808. The quantitative estimate of drug-likeness (QED) is 0.623. The molecule has 6 heteroatoms. The number of benzene rings is 1. The molecule has 2 aromatic rings. The molecule has 26 heavy (non-hydrogen) atoms. The fourth-order valence-electron chi connectivity index (χ4n) is 2.88. The Morgan fingerprint density at radius 1 is 1.27 bits per heavy atom. The zero-order chi connectivity index (χ0) is 18.1. The summed E-state index contributed by atoms with van der Waals surface area (Å²) >= 11 is 5.25. The Bertz CT molecular complexity index is 865. The zero-order valence-electron chi connectivity index (χ0n) is 14.5. The van der Waals surface area contributed by atoms with Crippen LogP contribution in [0.1, 0.15) is 36.8 Å². The van der Waals surface area contributed by atoms with Crippen molar-refractivity contribution < 1.29 is 13.9 Å². The molecule has 1 amide bonds. The van der Waals surface area contributed by atoms with E-state index in [9.17, 15) is 4.79 Å². The van der Waals surface area contributed by atoms with E-state index in [4.69, 9.17) is 21.4 Å². The molecule has 2 fully saturated rings. The van der Waals surface area contributed by atoms with E-state index in [1.165, 1.54) is 5.56 Å². The highest BCUT2D eigenvalue weighted by atomic mass is 32.1. The Kier molecular flexibility index (Phi) is 4.51. The summed E-state index contributed by atoms with van der Waals surface area (Å²) in [6.07, 6.45) is 4.73. The fraction of sp³-hybridized carbons (Fsp3) is 0.300. The van der Waals surface area contributed by atoms with Crippen LogP contribution < -0.4 is 10.1 Å². The molecule has 1 aliphatic heterocycles. The van der Waals surface area contributed by atoms with Crippen molar-refractivity contribution in [2.24, 2.45) is 0 Å². The highest BCUT2D eigenvalue weighted by Gasteiger charge is 2.41. The Hall–Kier alpha value is -2.60. The number of amides is 1. The number of ether oxygens (including phenoxy) is 1. The first kappa shape index (κ1) is 16.8. The van der Waals surface area contributed by atoms with Crippen LogP contribution in [0, 0.1) is 0 Å². The summed E-state index contributed by atoms with van der Waals surface area (Å²) in [5, 5.41) is 3.46. The third kappa shape index (κ3) is 3.51. The number of nitrogens with zero attached hydrogens (tertiary/aromatic N) is 1. The summed E-state index contributed by atoms with van der Waals surface area (Å²) < 4.78 is 11.5. The van der Waals surface area contributed by atoms with Crippen molar-refractivity contribution in [2.45, 2.75) is 38.8 Å². The minimum atomic E-state index is -0.0808. The first-order valence-electron chi connectivity index (χ1n) is 8.80. The summed E-state index contributed by atoms with van der Waals surface area (Å²) in [4.78, 5) is 14.1. The van der Waals surface area contributed by atoms with Gasteiger partial charge in [0.15, 0.2) is 5.11 Å². The Labute approximate surface area is 157 Å². The largest absolute Gasteiger partial charge is 0.486 e. The molecule has 0 bridgehead atoms. The summed E-state index contributed by atoms with van der Waals surface area (Å²) in [5.41, 5.74) is 1.73. The molecule has 0 radical (unpaired) electrons. The SMILES string of the molecule is CCc1ccc(OCc2ccc(/C=C3/NC(=S)N(C4CC4)C3=O)o2)cc1. The maximum Gasteiger partial charge on any atom is 0.276 e. The van der Waals surface area contributed by atoms with Crippen molar-refractivity contribution in [3.8, 4) is 5.75 Å². The number of rotatable bonds is 6. The van der Waals surface area contributed by atoms with Gasteiger partial charge in [0.1, 0.15) is 29.6 Å². The normalized spacial score (nSPS) is 18.5. The molecule has 134 valence electrons. The molecule has 2 aliphatic rings. The van der Waals surface area contributed by atoms with Crippen LogP contribution in [0.25, 0.3) is 6.08 Å². The Morgan fingerprint density at radius 3 is 2.73 bits per heavy atom. The molecule has 1 saturated heterocycles. The smallest absolute Gasteiger partial charge is 0.276 e. The molecule has 0 spiro atoms. The number of carbonyl (C=O) groups excluding carboxylic acids is 1. The minimum Gasteiger partial charge on any atom is -0.486 e. The van der Waals surface area contributed by atoms with Gasteiger partial charge in [-0.3, -0.25) is 9.69 Å². The van der Waals surface area contributed by atoms with Crippen molar-refractivity contribution in [1.82, 2.24) is 10.2 Å². The molecule has 1 saturated carbocycles. The number of aryl methyl sites for hydroxylation is 1. The first-order valence-corrected chi connectivity index (χ1v) is 9.21. The number of nitrogens with one attached hydrogen (secondary N) is 1. The van der Waals surface area contributed by atoms with Crippen LogP contribution >= 0.6 is 12.2 Å². The number of carbonyl (C=O) groups is 1. The second-order valence-electron chi connectivity index (χ2n) is 6.48. The molecule has 2 heterocycles. The van der Waals surface area contributed by atoms with Crippen molar-refractivity contribution in [1.29, 1.82) is 0 Å². The molecule has 1 N–H and O–H groups in total. The van der Waals surface area contributed by atoms with Crippen molar-refractivity contribution >= 4 is 29.3 Å². The summed E-state index contributed by atoms with van der Waals surface area (Å²) in [6, 6.07) is 12.0. The Morgan fingerprint density at radius 2 is 2.04 bits per heavy atom. The predicted molar refractivity (Wildman–Crippen MR) is 102 cm³/mol. The third-order valence-electron chi connectivity index (χ3n) is 4.50. The molecule has 5 nitrogen and oxygen atoms in total. The molecular weight excluding hydrogens is 348 g/mol. The van der Waals surface area contributed by atoms with Gasteiger partial charge < -0.3 is 14.5 Å². The lowest BCUT2D eigenvalue weighted by Gasteiger charge is -2.11. The molecule has 0 atom stereocenters. The third-order valence-corrected chi connectivity index (χ3v) is 4.80. The van der Waals surface area contributed by atoms with E-state index in [0.717, 1.165) is 25.0 Å². The van der Waals surface area contributed by atoms with Gasteiger partial charge >= 0.3 is 0 Å². The molecular formula is C20H20N2O3S. The first-order chi connectivity index (χ1) is 12.6. The molecule has 1 aromatic carbocycles. The van der Waals surface area contributed by atoms with Crippen LogP contribution in [0.5, 0.6) is 5.75 Å². The highest BCUT2D eigenvalue weighted by molar-refractivity contribution is 7.80. The van der Waals surface area contributed by atoms with E-state index < -0.39 is 0 Å². The average Bonchev–Trinajstić information content (AvgIpc) is 3.31. The van der Waals surface area contributed by atoms with E-state index >= 15 is 0 Å². The van der Waals surface area contributed by atoms with Crippen LogP contribution in [0.2, 0.25) is 0 Å². The maximum absolute atomic E-state index is 12.4. The second kappa shape index (κ2) is 6.96. The average molecular weight is 368 g/mol. The van der Waals surface area contributed by atoms with E-state index in [0.29, 0.717) is 28.9 Å². The molecule has 4 rings (SSSR count). The molecule has 1 aliphatic carbocycles. The number of hydrogen-bond donors (Lipinski definition) is 1. The lowest BCUT2D eigenvalue weighted by Crippen LogP contribution is -2.32. The Balaban J connectivity index is 1.39. The van der Waals surface area contributed by atoms with Crippen LogP contribution in [0.15, 0.2) is 46.5 Å². The summed E-state index contributed by atoms with van der Waals surface area (Å²) in [6.45, 7) is 2.46. The topological polar surface area (TPSA) is 54.7 Å².